The smallest absolute Gasteiger partial charge is 0.310 e. The molecule has 0 unspecified atom stereocenters. The molecule has 2 aromatic rings. The Morgan fingerprint density at radius 3 is 1.89 bits per heavy atom. The topological polar surface area (TPSA) is 80.3 Å². The third-order valence-corrected chi connectivity index (χ3v) is 3.85. The van der Waals surface area contributed by atoms with E-state index in [9.17, 15) is 9.59 Å². The molecular weight excluding hydrogens is 352 g/mol. The fourth-order valence-corrected chi connectivity index (χ4v) is 2.46. The number of ether oxygens (including phenoxy) is 5. The van der Waals surface area contributed by atoms with Gasteiger partial charge >= 0.3 is 5.97 Å². The van der Waals surface area contributed by atoms with Gasteiger partial charge in [-0.15, -0.1) is 0 Å². The molecule has 0 heterocycles. The minimum absolute atomic E-state index is 0.0351. The van der Waals surface area contributed by atoms with Gasteiger partial charge in [0.2, 0.25) is 5.75 Å². The molecule has 0 aliphatic rings. The van der Waals surface area contributed by atoms with Crippen molar-refractivity contribution in [3.05, 3.63) is 47.5 Å². The van der Waals surface area contributed by atoms with E-state index in [1.165, 1.54) is 21.3 Å². The van der Waals surface area contributed by atoms with Crippen molar-refractivity contribution in [2.75, 3.05) is 35.0 Å². The average molecular weight is 374 g/mol. The fraction of sp³-hybridized carbons (Fsp3) is 0.300. The van der Waals surface area contributed by atoms with Gasteiger partial charge in [-0.2, -0.15) is 0 Å². The number of carbonyl (C=O) groups excluding carboxylic acids is 2. The molecule has 0 fully saturated rings. The molecule has 0 bridgehead atoms. The van der Waals surface area contributed by atoms with E-state index in [-0.39, 0.29) is 18.8 Å². The summed E-state index contributed by atoms with van der Waals surface area (Å²) in [6.07, 6.45) is -0.0351. The van der Waals surface area contributed by atoms with Gasteiger partial charge in [0.1, 0.15) is 5.75 Å². The van der Waals surface area contributed by atoms with Gasteiger partial charge in [-0.1, -0.05) is 0 Å². The van der Waals surface area contributed by atoms with Gasteiger partial charge in [-0.25, -0.2) is 0 Å². The summed E-state index contributed by atoms with van der Waals surface area (Å²) < 4.78 is 25.9. The SMILES string of the molecule is COc1ccc(C(=O)COC(=O)Cc2cc(OC)c(OC)c(OC)c2)cc1. The number of esters is 1. The molecule has 0 amide bonds. The van der Waals surface area contributed by atoms with Crippen LogP contribution >= 0.6 is 0 Å². The van der Waals surface area contributed by atoms with E-state index in [1.807, 2.05) is 0 Å². The number of methoxy groups -OCH3 is 4. The number of ketones is 1. The molecule has 144 valence electrons. The molecule has 0 radical (unpaired) electrons. The molecule has 0 saturated heterocycles. The van der Waals surface area contributed by atoms with Crippen LogP contribution in [-0.4, -0.2) is 46.8 Å². The maximum absolute atomic E-state index is 12.1. The van der Waals surface area contributed by atoms with Crippen LogP contribution in [-0.2, 0) is 16.0 Å². The molecule has 0 aliphatic carbocycles. The lowest BCUT2D eigenvalue weighted by Gasteiger charge is -2.14. The zero-order valence-corrected chi connectivity index (χ0v) is 15.7. The van der Waals surface area contributed by atoms with E-state index in [1.54, 1.807) is 43.5 Å². The normalized spacial score (nSPS) is 10.1. The van der Waals surface area contributed by atoms with Crippen LogP contribution in [0.3, 0.4) is 0 Å². The summed E-state index contributed by atoms with van der Waals surface area (Å²) >= 11 is 0. The van der Waals surface area contributed by atoms with Crippen molar-refractivity contribution in [3.63, 3.8) is 0 Å². The number of carbonyl (C=O) groups is 2. The highest BCUT2D eigenvalue weighted by Gasteiger charge is 2.16. The first kappa shape index (κ1) is 20.1. The van der Waals surface area contributed by atoms with Crippen molar-refractivity contribution in [1.82, 2.24) is 0 Å². The van der Waals surface area contributed by atoms with Crippen LogP contribution in [0.4, 0.5) is 0 Å². The molecule has 27 heavy (non-hydrogen) atoms. The summed E-state index contributed by atoms with van der Waals surface area (Å²) in [7, 11) is 6.03. The Bertz CT molecular complexity index is 771. The number of Topliss-reactive ketones (excluding diaryl/α,β-unsaturated/α-hetero) is 1. The molecule has 0 aromatic heterocycles. The predicted octanol–water partition coefficient (Wildman–Crippen LogP) is 2.69. The number of hydrogen-bond acceptors (Lipinski definition) is 7. The van der Waals surface area contributed by atoms with Crippen LogP contribution in [0.2, 0.25) is 0 Å². The molecule has 0 spiro atoms. The Kier molecular flexibility index (Phi) is 7.05. The molecule has 0 saturated carbocycles. The Hall–Kier alpha value is -3.22. The second-order valence-electron chi connectivity index (χ2n) is 5.52. The number of rotatable bonds is 9. The van der Waals surface area contributed by atoms with Gasteiger partial charge in [0.05, 0.1) is 34.9 Å². The summed E-state index contributed by atoms with van der Waals surface area (Å²) in [6, 6.07) is 9.90. The first-order valence-corrected chi connectivity index (χ1v) is 8.14. The summed E-state index contributed by atoms with van der Waals surface area (Å²) in [4.78, 5) is 24.2. The Morgan fingerprint density at radius 1 is 0.815 bits per heavy atom. The highest BCUT2D eigenvalue weighted by Crippen LogP contribution is 2.38. The van der Waals surface area contributed by atoms with E-state index in [2.05, 4.69) is 0 Å². The summed E-state index contributed by atoms with van der Waals surface area (Å²) in [6.45, 7) is -0.338. The number of benzene rings is 2. The fourth-order valence-electron chi connectivity index (χ4n) is 2.46. The van der Waals surface area contributed by atoms with Crippen LogP contribution in [0, 0.1) is 0 Å². The molecule has 0 aliphatic heterocycles. The van der Waals surface area contributed by atoms with Crippen molar-refractivity contribution < 1.29 is 33.3 Å². The maximum atomic E-state index is 12.1. The highest BCUT2D eigenvalue weighted by atomic mass is 16.5. The van der Waals surface area contributed by atoms with Crippen molar-refractivity contribution in [1.29, 1.82) is 0 Å². The quantitative estimate of drug-likeness (QED) is 0.493. The standard InChI is InChI=1S/C20H22O7/c1-23-15-7-5-14(6-8-15)16(21)12-27-19(22)11-13-9-17(24-2)20(26-4)18(10-13)25-3/h5-10H,11-12H2,1-4H3. The van der Waals surface area contributed by atoms with E-state index < -0.39 is 5.97 Å². The summed E-state index contributed by atoms with van der Waals surface area (Å²) in [5.74, 6) is 1.13. The molecule has 2 rings (SSSR count). The molecule has 7 nitrogen and oxygen atoms in total. The van der Waals surface area contributed by atoms with Crippen molar-refractivity contribution in [2.24, 2.45) is 0 Å². The lowest BCUT2D eigenvalue weighted by atomic mass is 10.1. The Labute approximate surface area is 157 Å². The van der Waals surface area contributed by atoms with Gasteiger partial charge < -0.3 is 23.7 Å². The van der Waals surface area contributed by atoms with E-state index in [0.717, 1.165) is 0 Å². The van der Waals surface area contributed by atoms with Crippen molar-refractivity contribution in [2.45, 2.75) is 6.42 Å². The Morgan fingerprint density at radius 2 is 1.41 bits per heavy atom. The van der Waals surface area contributed by atoms with Crippen LogP contribution in [0.15, 0.2) is 36.4 Å². The predicted molar refractivity (Wildman–Crippen MR) is 98.1 cm³/mol. The minimum atomic E-state index is -0.536. The van der Waals surface area contributed by atoms with Crippen molar-refractivity contribution >= 4 is 11.8 Å². The highest BCUT2D eigenvalue weighted by molar-refractivity contribution is 5.98. The van der Waals surface area contributed by atoms with Crippen LogP contribution in [0.1, 0.15) is 15.9 Å². The first-order chi connectivity index (χ1) is 13.0. The number of hydrogen-bond donors (Lipinski definition) is 0. The van der Waals surface area contributed by atoms with E-state index in [4.69, 9.17) is 23.7 Å². The maximum Gasteiger partial charge on any atom is 0.310 e. The van der Waals surface area contributed by atoms with Crippen LogP contribution < -0.4 is 18.9 Å². The Balaban J connectivity index is 1.99. The second kappa shape index (κ2) is 9.47. The average Bonchev–Trinajstić information content (AvgIpc) is 2.71. The van der Waals surface area contributed by atoms with Gasteiger partial charge in [0.15, 0.2) is 23.9 Å². The molecule has 2 aromatic carbocycles. The third kappa shape index (κ3) is 5.13. The second-order valence-corrected chi connectivity index (χ2v) is 5.52. The van der Waals surface area contributed by atoms with Gasteiger partial charge in [-0.3, -0.25) is 9.59 Å². The summed E-state index contributed by atoms with van der Waals surface area (Å²) in [5, 5.41) is 0. The first-order valence-electron chi connectivity index (χ1n) is 8.14. The largest absolute Gasteiger partial charge is 0.497 e. The van der Waals surface area contributed by atoms with Crippen LogP contribution in [0.5, 0.6) is 23.0 Å². The summed E-state index contributed by atoms with van der Waals surface area (Å²) in [5.41, 5.74) is 1.06. The molecule has 7 heteroatoms. The van der Waals surface area contributed by atoms with Crippen LogP contribution in [0.25, 0.3) is 0 Å². The lowest BCUT2D eigenvalue weighted by Crippen LogP contribution is -2.15. The molecule has 0 atom stereocenters. The lowest BCUT2D eigenvalue weighted by molar-refractivity contribution is -0.141. The van der Waals surface area contributed by atoms with Crippen molar-refractivity contribution in [3.8, 4) is 23.0 Å². The van der Waals surface area contributed by atoms with E-state index in [0.29, 0.717) is 34.1 Å². The van der Waals surface area contributed by atoms with Gasteiger partial charge in [-0.05, 0) is 42.0 Å². The monoisotopic (exact) mass is 374 g/mol. The zero-order valence-electron chi connectivity index (χ0n) is 15.7. The van der Waals surface area contributed by atoms with Gasteiger partial charge in [0.25, 0.3) is 0 Å². The zero-order chi connectivity index (χ0) is 19.8. The molecule has 0 N–H and O–H groups in total. The third-order valence-electron chi connectivity index (χ3n) is 3.85. The minimum Gasteiger partial charge on any atom is -0.497 e. The van der Waals surface area contributed by atoms with E-state index >= 15 is 0 Å². The van der Waals surface area contributed by atoms with Gasteiger partial charge in [0, 0.05) is 5.56 Å². The molecular formula is C20H22O7.